The highest BCUT2D eigenvalue weighted by atomic mass is 16.5. The van der Waals surface area contributed by atoms with Crippen molar-refractivity contribution in [1.29, 1.82) is 0 Å². The average Bonchev–Trinajstić information content (AvgIpc) is 3.14. The monoisotopic (exact) mass is 283 g/mol. The van der Waals surface area contributed by atoms with Gasteiger partial charge in [0.1, 0.15) is 0 Å². The van der Waals surface area contributed by atoms with Crippen LogP contribution in [0.15, 0.2) is 36.3 Å². The standard InChI is InChI=1S/C10H14O.C3H5NO.C2H6O2/c1-2-6-9(5-1)11-10-7-3-4-8-10;1-2-3(4)5;3-1-2-4/h5,7H,1-4,6,8H2;2H,1H2,(H2,4,5);3-4H,1-2H2. The molecule has 0 saturated heterocycles. The van der Waals surface area contributed by atoms with E-state index < -0.39 is 5.91 Å². The van der Waals surface area contributed by atoms with Crippen LogP contribution in [0.25, 0.3) is 0 Å². The summed E-state index contributed by atoms with van der Waals surface area (Å²) < 4.78 is 5.69. The van der Waals surface area contributed by atoms with Gasteiger partial charge in [0.25, 0.3) is 0 Å². The van der Waals surface area contributed by atoms with Crippen LogP contribution < -0.4 is 5.73 Å². The first-order valence-corrected chi connectivity index (χ1v) is 6.83. The van der Waals surface area contributed by atoms with Gasteiger partial charge in [-0.15, -0.1) is 0 Å². The molecule has 2 rings (SSSR count). The highest BCUT2D eigenvalue weighted by Gasteiger charge is 2.10. The third kappa shape index (κ3) is 10.3. The molecule has 114 valence electrons. The van der Waals surface area contributed by atoms with Gasteiger partial charge in [-0.05, 0) is 43.9 Å². The van der Waals surface area contributed by atoms with Crippen LogP contribution in [0.1, 0.15) is 38.5 Å². The van der Waals surface area contributed by atoms with Crippen molar-refractivity contribution in [3.63, 3.8) is 0 Å². The highest BCUT2D eigenvalue weighted by molar-refractivity contribution is 5.84. The lowest BCUT2D eigenvalue weighted by Crippen LogP contribution is -2.04. The lowest BCUT2D eigenvalue weighted by molar-refractivity contribution is -0.113. The molecule has 0 atom stereocenters. The van der Waals surface area contributed by atoms with Gasteiger partial charge in [0.2, 0.25) is 5.91 Å². The molecule has 20 heavy (non-hydrogen) atoms. The number of carbonyl (C=O) groups is 1. The molecule has 5 nitrogen and oxygen atoms in total. The number of allylic oxidation sites excluding steroid dienone is 4. The number of ether oxygens (including phenoxy) is 1. The van der Waals surface area contributed by atoms with E-state index in [0.29, 0.717) is 0 Å². The van der Waals surface area contributed by atoms with Crippen molar-refractivity contribution in [3.8, 4) is 0 Å². The van der Waals surface area contributed by atoms with Gasteiger partial charge in [-0.25, -0.2) is 0 Å². The van der Waals surface area contributed by atoms with Crippen LogP contribution in [0.4, 0.5) is 0 Å². The first kappa shape index (κ1) is 18.4. The molecule has 0 aromatic heterocycles. The number of nitrogens with two attached hydrogens (primary N) is 1. The zero-order valence-corrected chi connectivity index (χ0v) is 11.9. The lowest BCUT2D eigenvalue weighted by atomic mass is 10.3. The normalized spacial score (nSPS) is 15.9. The van der Waals surface area contributed by atoms with Gasteiger partial charge < -0.3 is 20.7 Å². The fraction of sp³-hybridized carbons (Fsp3) is 0.533. The minimum absolute atomic E-state index is 0.125. The van der Waals surface area contributed by atoms with Crippen molar-refractivity contribution in [2.75, 3.05) is 13.2 Å². The number of rotatable bonds is 4. The largest absolute Gasteiger partial charge is 0.467 e. The van der Waals surface area contributed by atoms with E-state index in [0.717, 1.165) is 18.9 Å². The summed E-state index contributed by atoms with van der Waals surface area (Å²) in [4.78, 5) is 9.47. The topological polar surface area (TPSA) is 92.8 Å². The molecular formula is C15H25NO4. The molecule has 5 heteroatoms. The molecule has 0 bridgehead atoms. The molecule has 1 amide bonds. The van der Waals surface area contributed by atoms with Gasteiger partial charge in [0.05, 0.1) is 24.7 Å². The second-order valence-electron chi connectivity index (χ2n) is 4.28. The second-order valence-corrected chi connectivity index (χ2v) is 4.28. The third-order valence-electron chi connectivity index (χ3n) is 2.56. The summed E-state index contributed by atoms with van der Waals surface area (Å²) in [6.45, 7) is 2.84. The van der Waals surface area contributed by atoms with Crippen LogP contribution in [0, 0.1) is 0 Å². The third-order valence-corrected chi connectivity index (χ3v) is 2.56. The summed E-state index contributed by atoms with van der Waals surface area (Å²) in [6, 6.07) is 0. The van der Waals surface area contributed by atoms with Crippen molar-refractivity contribution in [1.82, 2.24) is 0 Å². The number of primary amides is 1. The Morgan fingerprint density at radius 3 is 1.80 bits per heavy atom. The summed E-state index contributed by atoms with van der Waals surface area (Å²) in [5.74, 6) is 1.93. The Labute approximate surface area is 120 Å². The molecule has 4 N–H and O–H groups in total. The predicted octanol–water partition coefficient (Wildman–Crippen LogP) is 1.77. The molecule has 0 fully saturated rings. The number of carbonyl (C=O) groups excluding carboxylic acids is 1. The molecular weight excluding hydrogens is 258 g/mol. The Kier molecular flexibility index (Phi) is 11.5. The van der Waals surface area contributed by atoms with Gasteiger partial charge in [-0.3, -0.25) is 4.79 Å². The number of aliphatic hydroxyl groups is 2. The number of amides is 1. The fourth-order valence-electron chi connectivity index (χ4n) is 1.64. The van der Waals surface area contributed by atoms with Crippen molar-refractivity contribution >= 4 is 5.91 Å². The van der Waals surface area contributed by atoms with Crippen LogP contribution in [0.2, 0.25) is 0 Å². The molecule has 0 heterocycles. The number of hydrogen-bond acceptors (Lipinski definition) is 4. The summed E-state index contributed by atoms with van der Waals surface area (Å²) in [6.07, 6.45) is 12.8. The van der Waals surface area contributed by atoms with Crippen LogP contribution in [0.5, 0.6) is 0 Å². The number of hydrogen-bond donors (Lipinski definition) is 3. The van der Waals surface area contributed by atoms with Crippen molar-refractivity contribution in [3.05, 3.63) is 36.3 Å². The van der Waals surface area contributed by atoms with Crippen LogP contribution in [-0.4, -0.2) is 29.3 Å². The van der Waals surface area contributed by atoms with Gasteiger partial charge in [-0.1, -0.05) is 6.58 Å². The molecule has 0 saturated carbocycles. The minimum Gasteiger partial charge on any atom is -0.467 e. The van der Waals surface area contributed by atoms with E-state index in [1.807, 2.05) is 0 Å². The van der Waals surface area contributed by atoms with E-state index in [1.165, 1.54) is 37.2 Å². The van der Waals surface area contributed by atoms with E-state index in [4.69, 9.17) is 14.9 Å². The Hall–Kier alpha value is -1.59. The Bertz CT molecular complexity index is 324. The molecule has 0 aromatic rings. The molecule has 0 spiro atoms. The quantitative estimate of drug-likeness (QED) is 0.685. The smallest absolute Gasteiger partial charge is 0.240 e. The highest BCUT2D eigenvalue weighted by Crippen LogP contribution is 2.26. The van der Waals surface area contributed by atoms with E-state index >= 15 is 0 Å². The zero-order valence-electron chi connectivity index (χ0n) is 11.9. The van der Waals surface area contributed by atoms with Crippen LogP contribution in [0.3, 0.4) is 0 Å². The van der Waals surface area contributed by atoms with Crippen molar-refractivity contribution < 1.29 is 19.7 Å². The molecule has 2 aliphatic carbocycles. The maximum Gasteiger partial charge on any atom is 0.240 e. The van der Waals surface area contributed by atoms with Gasteiger partial charge in [0, 0.05) is 12.8 Å². The van der Waals surface area contributed by atoms with Gasteiger partial charge in [0.15, 0.2) is 0 Å². The minimum atomic E-state index is -0.481. The summed E-state index contributed by atoms with van der Waals surface area (Å²) in [5.41, 5.74) is 4.53. The maximum atomic E-state index is 9.47. The first-order chi connectivity index (χ1) is 9.63. The molecule has 2 aliphatic rings. The van der Waals surface area contributed by atoms with Crippen molar-refractivity contribution in [2.45, 2.75) is 38.5 Å². The Morgan fingerprint density at radius 2 is 1.60 bits per heavy atom. The van der Waals surface area contributed by atoms with E-state index in [1.54, 1.807) is 0 Å². The SMILES string of the molecule is C1=C(OC2=CCCC2)CCC1.C=CC(N)=O.OCCO. The molecule has 0 radical (unpaired) electrons. The average molecular weight is 283 g/mol. The van der Waals surface area contributed by atoms with Crippen LogP contribution >= 0.6 is 0 Å². The Morgan fingerprint density at radius 1 is 1.20 bits per heavy atom. The molecule has 0 unspecified atom stereocenters. The van der Waals surface area contributed by atoms with E-state index in [2.05, 4.69) is 24.5 Å². The fourth-order valence-corrected chi connectivity index (χ4v) is 1.64. The second kappa shape index (κ2) is 12.4. The summed E-state index contributed by atoms with van der Waals surface area (Å²) in [5, 5.41) is 15.2. The molecule has 0 aliphatic heterocycles. The Balaban J connectivity index is 0.000000340. The number of aliphatic hydroxyl groups excluding tert-OH is 2. The van der Waals surface area contributed by atoms with Crippen LogP contribution in [-0.2, 0) is 9.53 Å². The van der Waals surface area contributed by atoms with E-state index in [-0.39, 0.29) is 13.2 Å². The van der Waals surface area contributed by atoms with Gasteiger partial charge >= 0.3 is 0 Å². The summed E-state index contributed by atoms with van der Waals surface area (Å²) >= 11 is 0. The summed E-state index contributed by atoms with van der Waals surface area (Å²) in [7, 11) is 0. The predicted molar refractivity (Wildman–Crippen MR) is 78.5 cm³/mol. The zero-order chi connectivity index (χ0) is 15.2. The van der Waals surface area contributed by atoms with E-state index in [9.17, 15) is 4.79 Å². The first-order valence-electron chi connectivity index (χ1n) is 6.83. The van der Waals surface area contributed by atoms with Crippen molar-refractivity contribution in [2.24, 2.45) is 5.73 Å². The maximum absolute atomic E-state index is 9.47. The lowest BCUT2D eigenvalue weighted by Gasteiger charge is -2.05. The van der Waals surface area contributed by atoms with Gasteiger partial charge in [-0.2, -0.15) is 0 Å². The molecule has 0 aromatic carbocycles.